The van der Waals surface area contributed by atoms with Crippen LogP contribution in [0.3, 0.4) is 0 Å². The molecule has 0 aliphatic heterocycles. The summed E-state index contributed by atoms with van der Waals surface area (Å²) in [5.74, 6) is 0.603. The van der Waals surface area contributed by atoms with Crippen LogP contribution >= 0.6 is 24.0 Å². The fraction of sp³-hybridized carbons (Fsp3) is 0.333. The van der Waals surface area contributed by atoms with Gasteiger partial charge in [-0.2, -0.15) is 0 Å². The highest BCUT2D eigenvalue weighted by atomic mass is 127. The number of aliphatic imine (C=N–C) groups is 1. The van der Waals surface area contributed by atoms with Crippen molar-refractivity contribution < 1.29 is 0 Å². The lowest BCUT2D eigenvalue weighted by Crippen LogP contribution is -2.37. The number of hydrogen-bond donors (Lipinski definition) is 1. The number of fused-ring (bicyclic) bond motifs is 1. The van der Waals surface area contributed by atoms with Gasteiger partial charge in [-0.05, 0) is 31.5 Å². The first-order chi connectivity index (χ1) is 9.26. The minimum atomic E-state index is 0. The standard InChI is InChI=1S/C15H20N4.HI/c1-3-19(4-2)15(16)18-11-12-9-10-17-14-8-6-5-7-13(12)14;/h5-10H,3-4,11H2,1-2H3,(H2,16,18);1H. The predicted octanol–water partition coefficient (Wildman–Crippen LogP) is 3.01. The number of pyridine rings is 1. The number of aromatic nitrogens is 1. The molecule has 0 bridgehead atoms. The molecule has 2 aromatic rings. The second kappa shape index (κ2) is 8.04. The molecular weight excluding hydrogens is 363 g/mol. The molecule has 0 saturated carbocycles. The number of hydrogen-bond acceptors (Lipinski definition) is 2. The summed E-state index contributed by atoms with van der Waals surface area (Å²) in [6.45, 7) is 6.50. The lowest BCUT2D eigenvalue weighted by Gasteiger charge is -2.19. The topological polar surface area (TPSA) is 54.5 Å². The molecule has 108 valence electrons. The van der Waals surface area contributed by atoms with Gasteiger partial charge >= 0.3 is 0 Å². The van der Waals surface area contributed by atoms with E-state index < -0.39 is 0 Å². The summed E-state index contributed by atoms with van der Waals surface area (Å²) in [6.07, 6.45) is 1.82. The molecule has 0 fully saturated rings. The molecule has 2 N–H and O–H groups in total. The molecule has 0 spiro atoms. The predicted molar refractivity (Wildman–Crippen MR) is 95.4 cm³/mol. The van der Waals surface area contributed by atoms with Gasteiger partial charge in [-0.1, -0.05) is 18.2 Å². The van der Waals surface area contributed by atoms with E-state index in [1.807, 2.05) is 35.4 Å². The summed E-state index contributed by atoms with van der Waals surface area (Å²) < 4.78 is 0. The molecule has 0 radical (unpaired) electrons. The lowest BCUT2D eigenvalue weighted by molar-refractivity contribution is 0.458. The van der Waals surface area contributed by atoms with Crippen LogP contribution in [-0.2, 0) is 6.54 Å². The Bertz CT molecular complexity index is 574. The van der Waals surface area contributed by atoms with Crippen LogP contribution in [-0.4, -0.2) is 28.9 Å². The van der Waals surface area contributed by atoms with E-state index >= 15 is 0 Å². The van der Waals surface area contributed by atoms with Gasteiger partial charge in [0.2, 0.25) is 0 Å². The van der Waals surface area contributed by atoms with Crippen LogP contribution < -0.4 is 5.73 Å². The van der Waals surface area contributed by atoms with Crippen molar-refractivity contribution in [3.05, 3.63) is 42.1 Å². The van der Waals surface area contributed by atoms with E-state index in [0.717, 1.165) is 29.6 Å². The maximum absolute atomic E-state index is 5.99. The molecule has 0 atom stereocenters. The molecule has 1 heterocycles. The number of guanidine groups is 1. The fourth-order valence-electron chi connectivity index (χ4n) is 2.11. The van der Waals surface area contributed by atoms with E-state index in [1.54, 1.807) is 0 Å². The number of benzene rings is 1. The average Bonchev–Trinajstić information content (AvgIpc) is 2.46. The second-order valence-electron chi connectivity index (χ2n) is 4.33. The van der Waals surface area contributed by atoms with Crippen molar-refractivity contribution in [1.29, 1.82) is 0 Å². The molecule has 4 nitrogen and oxygen atoms in total. The highest BCUT2D eigenvalue weighted by Crippen LogP contribution is 2.16. The summed E-state index contributed by atoms with van der Waals surface area (Å²) in [4.78, 5) is 10.9. The van der Waals surface area contributed by atoms with Gasteiger partial charge < -0.3 is 10.6 Å². The van der Waals surface area contributed by atoms with Gasteiger partial charge in [-0.25, -0.2) is 4.99 Å². The molecule has 2 rings (SSSR count). The maximum Gasteiger partial charge on any atom is 0.191 e. The Morgan fingerprint density at radius 3 is 2.60 bits per heavy atom. The van der Waals surface area contributed by atoms with Gasteiger partial charge in [0.1, 0.15) is 0 Å². The number of halogens is 1. The quantitative estimate of drug-likeness (QED) is 0.501. The monoisotopic (exact) mass is 384 g/mol. The molecule has 1 aromatic heterocycles. The summed E-state index contributed by atoms with van der Waals surface area (Å²) >= 11 is 0. The zero-order chi connectivity index (χ0) is 13.7. The van der Waals surface area contributed by atoms with Crippen LogP contribution in [0.15, 0.2) is 41.5 Å². The Kier molecular flexibility index (Phi) is 6.70. The Morgan fingerprint density at radius 2 is 1.90 bits per heavy atom. The van der Waals surface area contributed by atoms with Gasteiger partial charge in [0.15, 0.2) is 5.96 Å². The number of rotatable bonds is 4. The normalized spacial score (nSPS) is 11.2. The van der Waals surface area contributed by atoms with Crippen molar-refractivity contribution in [2.75, 3.05) is 13.1 Å². The third-order valence-electron chi connectivity index (χ3n) is 3.24. The van der Waals surface area contributed by atoms with Crippen molar-refractivity contribution in [1.82, 2.24) is 9.88 Å². The van der Waals surface area contributed by atoms with E-state index in [4.69, 9.17) is 5.73 Å². The first-order valence-electron chi connectivity index (χ1n) is 6.63. The summed E-state index contributed by atoms with van der Waals surface area (Å²) in [5, 5.41) is 1.14. The number of para-hydroxylation sites is 1. The fourth-order valence-corrected chi connectivity index (χ4v) is 2.11. The van der Waals surface area contributed by atoms with Crippen molar-refractivity contribution >= 4 is 40.8 Å². The highest BCUT2D eigenvalue weighted by molar-refractivity contribution is 14.0. The van der Waals surface area contributed by atoms with E-state index in [-0.39, 0.29) is 24.0 Å². The second-order valence-corrected chi connectivity index (χ2v) is 4.33. The SMILES string of the molecule is CCN(CC)C(N)=NCc1ccnc2ccccc12.I. The minimum Gasteiger partial charge on any atom is -0.370 e. The largest absolute Gasteiger partial charge is 0.370 e. The molecule has 5 heteroatoms. The van der Waals surface area contributed by atoms with Gasteiger partial charge in [0.05, 0.1) is 12.1 Å². The molecule has 0 amide bonds. The first-order valence-corrected chi connectivity index (χ1v) is 6.63. The van der Waals surface area contributed by atoms with Gasteiger partial charge in [-0.3, -0.25) is 4.98 Å². The zero-order valence-corrected chi connectivity index (χ0v) is 14.2. The Balaban J connectivity index is 0.00000200. The van der Waals surface area contributed by atoms with Crippen molar-refractivity contribution in [3.8, 4) is 0 Å². The van der Waals surface area contributed by atoms with Crippen LogP contribution in [0, 0.1) is 0 Å². The van der Waals surface area contributed by atoms with E-state index in [2.05, 4.69) is 29.9 Å². The van der Waals surface area contributed by atoms with Gasteiger partial charge in [0, 0.05) is 24.7 Å². The third-order valence-corrected chi connectivity index (χ3v) is 3.24. The molecule has 20 heavy (non-hydrogen) atoms. The number of nitrogens with two attached hydrogens (primary N) is 1. The summed E-state index contributed by atoms with van der Waals surface area (Å²) in [7, 11) is 0. The van der Waals surface area contributed by atoms with Gasteiger partial charge in [0.25, 0.3) is 0 Å². The molecular formula is C15H21IN4. The lowest BCUT2D eigenvalue weighted by atomic mass is 10.1. The van der Waals surface area contributed by atoms with Crippen LogP contribution in [0.25, 0.3) is 10.9 Å². The number of nitrogens with zero attached hydrogens (tertiary/aromatic N) is 3. The Labute approximate surface area is 137 Å². The van der Waals surface area contributed by atoms with E-state index in [1.165, 1.54) is 0 Å². The molecule has 0 aliphatic carbocycles. The third kappa shape index (κ3) is 3.82. The van der Waals surface area contributed by atoms with E-state index in [9.17, 15) is 0 Å². The van der Waals surface area contributed by atoms with Gasteiger partial charge in [-0.15, -0.1) is 24.0 Å². The van der Waals surface area contributed by atoms with E-state index in [0.29, 0.717) is 12.5 Å². The Morgan fingerprint density at radius 1 is 1.20 bits per heavy atom. The highest BCUT2D eigenvalue weighted by Gasteiger charge is 2.04. The van der Waals surface area contributed by atoms with Crippen molar-refractivity contribution in [2.24, 2.45) is 10.7 Å². The van der Waals surface area contributed by atoms with Crippen LogP contribution in [0.5, 0.6) is 0 Å². The first kappa shape index (κ1) is 16.7. The maximum atomic E-state index is 5.99. The van der Waals surface area contributed by atoms with Crippen LogP contribution in [0.2, 0.25) is 0 Å². The molecule has 0 saturated heterocycles. The van der Waals surface area contributed by atoms with Crippen molar-refractivity contribution in [3.63, 3.8) is 0 Å². The average molecular weight is 384 g/mol. The molecule has 0 unspecified atom stereocenters. The van der Waals surface area contributed by atoms with Crippen LogP contribution in [0.4, 0.5) is 0 Å². The Hall–Kier alpha value is -1.37. The van der Waals surface area contributed by atoms with Crippen LogP contribution in [0.1, 0.15) is 19.4 Å². The smallest absolute Gasteiger partial charge is 0.191 e. The minimum absolute atomic E-state index is 0. The molecule has 1 aromatic carbocycles. The van der Waals surface area contributed by atoms with Crippen molar-refractivity contribution in [2.45, 2.75) is 20.4 Å². The summed E-state index contributed by atoms with van der Waals surface area (Å²) in [6, 6.07) is 10.1. The molecule has 0 aliphatic rings. The summed E-state index contributed by atoms with van der Waals surface area (Å²) in [5.41, 5.74) is 8.14. The zero-order valence-electron chi connectivity index (χ0n) is 11.9.